The van der Waals surface area contributed by atoms with E-state index in [2.05, 4.69) is 15.3 Å². The second kappa shape index (κ2) is 5.29. The standard InChI is InChI=1S/C12H8Cl3N5O/c13-6-2-1-3-7(14)8(6)20-9(16)5-4-17-11(15)18-10(5)19-12(20)21/h1-5,10,16H,(H,19,21). The molecule has 2 amide bonds. The van der Waals surface area contributed by atoms with Gasteiger partial charge >= 0.3 is 6.03 Å². The Hall–Kier alpha value is -1.63. The molecular weight excluding hydrogens is 337 g/mol. The van der Waals surface area contributed by atoms with Crippen molar-refractivity contribution in [1.82, 2.24) is 5.32 Å². The Labute approximate surface area is 134 Å². The lowest BCUT2D eigenvalue weighted by Crippen LogP contribution is -2.60. The molecule has 108 valence electrons. The van der Waals surface area contributed by atoms with Crippen LogP contribution in [0.5, 0.6) is 0 Å². The van der Waals surface area contributed by atoms with E-state index in [1.807, 2.05) is 0 Å². The van der Waals surface area contributed by atoms with Gasteiger partial charge in [0.05, 0.1) is 21.7 Å². The van der Waals surface area contributed by atoms with Crippen molar-refractivity contribution in [2.24, 2.45) is 15.9 Å². The van der Waals surface area contributed by atoms with Crippen LogP contribution in [0, 0.1) is 11.3 Å². The predicted octanol–water partition coefficient (Wildman–Crippen LogP) is 3.12. The third-order valence-electron chi connectivity index (χ3n) is 3.12. The van der Waals surface area contributed by atoms with Gasteiger partial charge in [0.2, 0.25) is 5.29 Å². The van der Waals surface area contributed by atoms with Crippen LogP contribution in [-0.2, 0) is 0 Å². The van der Waals surface area contributed by atoms with E-state index in [0.29, 0.717) is 0 Å². The van der Waals surface area contributed by atoms with Gasteiger partial charge in [-0.3, -0.25) is 5.41 Å². The molecule has 1 saturated heterocycles. The van der Waals surface area contributed by atoms with Crippen molar-refractivity contribution in [1.29, 1.82) is 5.41 Å². The molecule has 0 radical (unpaired) electrons. The second-order valence-electron chi connectivity index (χ2n) is 4.39. The lowest BCUT2D eigenvalue weighted by atomic mass is 10.0. The molecule has 1 fully saturated rings. The average Bonchev–Trinajstić information content (AvgIpc) is 2.41. The average molecular weight is 345 g/mol. The summed E-state index contributed by atoms with van der Waals surface area (Å²) >= 11 is 17.9. The summed E-state index contributed by atoms with van der Waals surface area (Å²) in [6.45, 7) is 0. The molecule has 2 atom stereocenters. The molecule has 0 spiro atoms. The topological polar surface area (TPSA) is 80.9 Å². The lowest BCUT2D eigenvalue weighted by Gasteiger charge is -2.37. The number of nitrogens with one attached hydrogen (secondary N) is 2. The number of aliphatic imine (C=N–C) groups is 2. The number of amidine groups is 2. The minimum atomic E-state index is -0.646. The van der Waals surface area contributed by atoms with Crippen LogP contribution in [0.3, 0.4) is 0 Å². The molecule has 2 heterocycles. The van der Waals surface area contributed by atoms with Crippen LogP contribution >= 0.6 is 34.8 Å². The van der Waals surface area contributed by atoms with E-state index < -0.39 is 18.1 Å². The Bertz CT molecular complexity index is 682. The number of urea groups is 1. The van der Waals surface area contributed by atoms with Crippen molar-refractivity contribution >= 4 is 63.9 Å². The Balaban J connectivity index is 2.04. The number of carbonyl (C=O) groups is 1. The van der Waals surface area contributed by atoms with Gasteiger partial charge in [-0.2, -0.15) is 0 Å². The van der Waals surface area contributed by atoms with Gasteiger partial charge in [-0.05, 0) is 23.7 Å². The van der Waals surface area contributed by atoms with Crippen molar-refractivity contribution in [3.05, 3.63) is 28.2 Å². The molecule has 2 aliphatic rings. The van der Waals surface area contributed by atoms with Gasteiger partial charge in [-0.1, -0.05) is 29.3 Å². The zero-order valence-corrected chi connectivity index (χ0v) is 12.6. The summed E-state index contributed by atoms with van der Waals surface area (Å²) in [5.41, 5.74) is 0.260. The molecule has 3 rings (SSSR count). The number of fused-ring (bicyclic) bond motifs is 1. The molecule has 1 aromatic carbocycles. The molecule has 2 N–H and O–H groups in total. The summed E-state index contributed by atoms with van der Waals surface area (Å²) in [6.07, 6.45) is 0.826. The SMILES string of the molecule is N=C1C2C=NC(Cl)=NC2NC(=O)N1c1c(Cl)cccc1Cl. The minimum Gasteiger partial charge on any atom is -0.314 e. The highest BCUT2D eigenvalue weighted by Gasteiger charge is 2.41. The number of amides is 2. The molecule has 0 bridgehead atoms. The second-order valence-corrected chi connectivity index (χ2v) is 5.54. The van der Waals surface area contributed by atoms with Crippen molar-refractivity contribution in [3.63, 3.8) is 0 Å². The van der Waals surface area contributed by atoms with Gasteiger partial charge in [0.25, 0.3) is 0 Å². The Morgan fingerprint density at radius 1 is 1.24 bits per heavy atom. The monoisotopic (exact) mass is 343 g/mol. The van der Waals surface area contributed by atoms with Crippen LogP contribution in [-0.4, -0.2) is 29.5 Å². The van der Waals surface area contributed by atoms with E-state index in [0.717, 1.165) is 4.90 Å². The summed E-state index contributed by atoms with van der Waals surface area (Å²) in [7, 11) is 0. The molecular formula is C12H8Cl3N5O. The van der Waals surface area contributed by atoms with E-state index in [1.165, 1.54) is 6.21 Å². The number of rotatable bonds is 1. The Morgan fingerprint density at radius 2 is 1.90 bits per heavy atom. The molecule has 1 aromatic rings. The third kappa shape index (κ3) is 2.39. The van der Waals surface area contributed by atoms with Crippen LogP contribution in [0.1, 0.15) is 0 Å². The summed E-state index contributed by atoms with van der Waals surface area (Å²) in [4.78, 5) is 21.3. The highest BCUT2D eigenvalue weighted by atomic mass is 35.5. The fourth-order valence-corrected chi connectivity index (χ4v) is 2.90. The number of halogens is 3. The number of para-hydroxylation sites is 1. The maximum absolute atomic E-state index is 12.3. The first-order valence-electron chi connectivity index (χ1n) is 5.89. The van der Waals surface area contributed by atoms with Crippen LogP contribution in [0.2, 0.25) is 10.0 Å². The molecule has 0 aromatic heterocycles. The fourth-order valence-electron chi connectivity index (χ4n) is 2.17. The zero-order valence-electron chi connectivity index (χ0n) is 10.3. The molecule has 21 heavy (non-hydrogen) atoms. The lowest BCUT2D eigenvalue weighted by molar-refractivity contribution is 0.242. The number of carbonyl (C=O) groups excluding carboxylic acids is 1. The van der Waals surface area contributed by atoms with Crippen LogP contribution in [0.4, 0.5) is 10.5 Å². The smallest absolute Gasteiger partial charge is 0.314 e. The van der Waals surface area contributed by atoms with E-state index in [-0.39, 0.29) is 26.9 Å². The first-order valence-corrected chi connectivity index (χ1v) is 7.03. The third-order valence-corrected chi connectivity index (χ3v) is 3.92. The number of benzene rings is 1. The molecule has 0 aliphatic carbocycles. The van der Waals surface area contributed by atoms with E-state index >= 15 is 0 Å². The molecule has 6 nitrogen and oxygen atoms in total. The summed E-state index contributed by atoms with van der Waals surface area (Å²) in [5.74, 6) is -0.548. The molecule has 2 aliphatic heterocycles. The van der Waals surface area contributed by atoms with E-state index in [9.17, 15) is 4.79 Å². The summed E-state index contributed by atoms with van der Waals surface area (Å²) in [5, 5.41) is 11.5. The zero-order chi connectivity index (χ0) is 15.1. The number of nitrogens with zero attached hydrogens (tertiary/aromatic N) is 3. The van der Waals surface area contributed by atoms with Crippen molar-refractivity contribution < 1.29 is 4.79 Å². The normalized spacial score (nSPS) is 24.5. The van der Waals surface area contributed by atoms with Gasteiger partial charge in [-0.15, -0.1) is 0 Å². The van der Waals surface area contributed by atoms with E-state index in [4.69, 9.17) is 40.2 Å². The van der Waals surface area contributed by atoms with Crippen molar-refractivity contribution in [2.75, 3.05) is 4.90 Å². The largest absolute Gasteiger partial charge is 0.329 e. The molecule has 0 saturated carbocycles. The summed E-state index contributed by atoms with van der Waals surface area (Å²) in [6, 6.07) is 4.31. The van der Waals surface area contributed by atoms with Gasteiger partial charge in [0, 0.05) is 6.21 Å². The number of anilines is 1. The molecule has 9 heteroatoms. The van der Waals surface area contributed by atoms with Gasteiger partial charge in [-0.25, -0.2) is 19.7 Å². The highest BCUT2D eigenvalue weighted by Crippen LogP contribution is 2.36. The maximum atomic E-state index is 12.3. The first kappa shape index (κ1) is 14.3. The number of hydrogen-bond acceptors (Lipinski definition) is 4. The predicted molar refractivity (Wildman–Crippen MR) is 84.3 cm³/mol. The highest BCUT2D eigenvalue weighted by molar-refractivity contribution is 6.65. The molecule has 2 unspecified atom stereocenters. The fraction of sp³-hybridized carbons (Fsp3) is 0.167. The first-order chi connectivity index (χ1) is 9.99. The van der Waals surface area contributed by atoms with Crippen molar-refractivity contribution in [2.45, 2.75) is 6.17 Å². The quantitative estimate of drug-likeness (QED) is 0.754. The Kier molecular flexibility index (Phi) is 3.61. The van der Waals surface area contributed by atoms with Gasteiger partial charge < -0.3 is 5.32 Å². The minimum absolute atomic E-state index is 0.0181. The van der Waals surface area contributed by atoms with Crippen molar-refractivity contribution in [3.8, 4) is 0 Å². The van der Waals surface area contributed by atoms with Gasteiger partial charge in [0.1, 0.15) is 12.0 Å². The Morgan fingerprint density at radius 3 is 2.57 bits per heavy atom. The van der Waals surface area contributed by atoms with Crippen LogP contribution in [0.15, 0.2) is 28.2 Å². The van der Waals surface area contributed by atoms with E-state index in [1.54, 1.807) is 18.2 Å². The van der Waals surface area contributed by atoms with Crippen LogP contribution < -0.4 is 10.2 Å². The van der Waals surface area contributed by atoms with Gasteiger partial charge in [0.15, 0.2) is 0 Å². The maximum Gasteiger partial charge on any atom is 0.329 e. The summed E-state index contributed by atoms with van der Waals surface area (Å²) < 4.78 is 0. The number of hydrogen-bond donors (Lipinski definition) is 2. The van der Waals surface area contributed by atoms with Crippen LogP contribution in [0.25, 0.3) is 0 Å².